The molecule has 3 N–H and O–H groups in total. The highest BCUT2D eigenvalue weighted by atomic mass is 79.9. The minimum Gasteiger partial charge on any atom is -0.382 e. The van der Waals surface area contributed by atoms with Crippen molar-refractivity contribution in [2.24, 2.45) is 0 Å². The molecule has 1 atom stereocenters. The normalized spacial score (nSPS) is 12.0. The van der Waals surface area contributed by atoms with Gasteiger partial charge < -0.3 is 11.1 Å². The van der Waals surface area contributed by atoms with Gasteiger partial charge in [-0.2, -0.15) is 5.26 Å². The van der Waals surface area contributed by atoms with Crippen LogP contribution in [0.25, 0.3) is 5.52 Å². The average Bonchev–Trinajstić information content (AvgIpc) is 2.60. The number of nitrogens with zero attached hydrogens (tertiary/aromatic N) is 4. The molecule has 0 aliphatic rings. The van der Waals surface area contributed by atoms with Crippen molar-refractivity contribution in [3.63, 3.8) is 0 Å². The number of nitrogens with one attached hydrogen (secondary N) is 1. The first-order valence-corrected chi connectivity index (χ1v) is 8.41. The van der Waals surface area contributed by atoms with Crippen molar-refractivity contribution >= 4 is 33.1 Å². The fourth-order valence-corrected chi connectivity index (χ4v) is 3.80. The number of aromatic nitrogens is 3. The number of nitriles is 1. The van der Waals surface area contributed by atoms with E-state index in [4.69, 9.17) is 5.73 Å². The van der Waals surface area contributed by atoms with Gasteiger partial charge in [0.05, 0.1) is 11.6 Å². The van der Waals surface area contributed by atoms with Crippen LogP contribution in [0.5, 0.6) is 0 Å². The molecule has 0 unspecified atom stereocenters. The number of halogens is 2. The highest BCUT2D eigenvalue weighted by Crippen LogP contribution is 2.31. The lowest BCUT2D eigenvalue weighted by molar-refractivity contribution is 0.617. The predicted octanol–water partition coefficient (Wildman–Crippen LogP) is 2.93. The minimum atomic E-state index is -0.500. The van der Waals surface area contributed by atoms with Gasteiger partial charge in [-0.25, -0.2) is 14.4 Å². The Bertz CT molecular complexity index is 1120. The molecule has 0 bridgehead atoms. The lowest BCUT2D eigenvalue weighted by Gasteiger charge is -2.20. The quantitative estimate of drug-likeness (QED) is 0.679. The van der Waals surface area contributed by atoms with E-state index in [1.54, 1.807) is 6.92 Å². The van der Waals surface area contributed by atoms with E-state index < -0.39 is 5.82 Å². The van der Waals surface area contributed by atoms with E-state index in [9.17, 15) is 14.4 Å². The molecule has 0 saturated carbocycles. The van der Waals surface area contributed by atoms with E-state index in [2.05, 4.69) is 31.2 Å². The topological polar surface area (TPSA) is 109 Å². The molecule has 0 aliphatic heterocycles. The lowest BCUT2D eigenvalue weighted by Crippen LogP contribution is -2.23. The predicted molar refractivity (Wildman–Crippen MR) is 99.3 cm³/mol. The number of hydrogen-bond donors (Lipinski definition) is 2. The summed E-state index contributed by atoms with van der Waals surface area (Å²) in [6, 6.07) is 4.40. The Morgan fingerprint density at radius 1 is 1.42 bits per heavy atom. The second kappa shape index (κ2) is 6.72. The summed E-state index contributed by atoms with van der Waals surface area (Å²) < 4.78 is 15.4. The summed E-state index contributed by atoms with van der Waals surface area (Å²) in [6.45, 7) is 3.49. The molecule has 0 radical (unpaired) electrons. The van der Waals surface area contributed by atoms with Crippen molar-refractivity contribution in [3.8, 4) is 6.07 Å². The number of nitrogen functional groups attached to an aromatic ring is 1. The SMILES string of the molecule is Cc1c([C@H](C)Nc2ncnc(N)c2C#N)c(Br)c2ccc(F)cn2c1=O. The first-order chi connectivity index (χ1) is 12.3. The Labute approximate surface area is 156 Å². The van der Waals surface area contributed by atoms with E-state index >= 15 is 0 Å². The fraction of sp³-hybridized carbons (Fsp3) is 0.176. The molecule has 3 heterocycles. The van der Waals surface area contributed by atoms with E-state index in [0.29, 0.717) is 21.1 Å². The molecule has 0 aromatic carbocycles. The third-order valence-electron chi connectivity index (χ3n) is 4.09. The van der Waals surface area contributed by atoms with Crippen LogP contribution in [0.2, 0.25) is 0 Å². The van der Waals surface area contributed by atoms with Crippen molar-refractivity contribution in [1.82, 2.24) is 14.4 Å². The number of hydrogen-bond acceptors (Lipinski definition) is 6. The first kappa shape index (κ1) is 17.8. The Balaban J connectivity index is 2.14. The van der Waals surface area contributed by atoms with Gasteiger partial charge in [-0.15, -0.1) is 0 Å². The third-order valence-corrected chi connectivity index (χ3v) is 4.93. The van der Waals surface area contributed by atoms with Crippen LogP contribution in [-0.2, 0) is 0 Å². The van der Waals surface area contributed by atoms with Crippen molar-refractivity contribution in [1.29, 1.82) is 5.26 Å². The number of pyridine rings is 2. The Morgan fingerprint density at radius 3 is 2.85 bits per heavy atom. The van der Waals surface area contributed by atoms with Gasteiger partial charge in [-0.3, -0.25) is 9.20 Å². The van der Waals surface area contributed by atoms with Crippen LogP contribution < -0.4 is 16.6 Å². The summed E-state index contributed by atoms with van der Waals surface area (Å²) in [5.74, 6) is -0.153. The number of anilines is 2. The summed E-state index contributed by atoms with van der Waals surface area (Å²) >= 11 is 3.51. The smallest absolute Gasteiger partial charge is 0.258 e. The summed E-state index contributed by atoms with van der Waals surface area (Å²) in [7, 11) is 0. The zero-order valence-electron chi connectivity index (χ0n) is 13.9. The van der Waals surface area contributed by atoms with Gasteiger partial charge >= 0.3 is 0 Å². The standard InChI is InChI=1S/C17H14BrFN6O/c1-8-13(9(2)24-16-11(5-20)15(21)22-7-23-16)14(18)12-4-3-10(19)6-25(12)17(8)26/h3-4,6-7,9H,1-2H3,(H3,21,22,23,24)/t9-/m0/s1. The first-order valence-electron chi connectivity index (χ1n) is 7.62. The molecule has 0 amide bonds. The van der Waals surface area contributed by atoms with Gasteiger partial charge in [-0.05, 0) is 47.5 Å². The van der Waals surface area contributed by atoms with Crippen LogP contribution in [-0.4, -0.2) is 14.4 Å². The van der Waals surface area contributed by atoms with E-state index in [1.807, 2.05) is 13.0 Å². The molecule has 0 spiro atoms. The largest absolute Gasteiger partial charge is 0.382 e. The van der Waals surface area contributed by atoms with Gasteiger partial charge in [-0.1, -0.05) is 0 Å². The van der Waals surface area contributed by atoms with Crippen LogP contribution in [0, 0.1) is 24.1 Å². The van der Waals surface area contributed by atoms with Crippen LogP contribution in [0.15, 0.2) is 33.9 Å². The molecule has 7 nitrogen and oxygen atoms in total. The second-order valence-corrected chi connectivity index (χ2v) is 6.51. The third kappa shape index (κ3) is 2.88. The van der Waals surface area contributed by atoms with Crippen molar-refractivity contribution in [2.75, 3.05) is 11.1 Å². The Kier molecular flexibility index (Phi) is 4.61. The highest BCUT2D eigenvalue weighted by molar-refractivity contribution is 9.10. The molecule has 0 aliphatic carbocycles. The number of rotatable bonds is 3. The Hall–Kier alpha value is -2.99. The van der Waals surface area contributed by atoms with E-state index in [1.165, 1.54) is 22.9 Å². The molecule has 3 rings (SSSR count). The molecule has 9 heteroatoms. The number of fused-ring (bicyclic) bond motifs is 1. The van der Waals surface area contributed by atoms with Crippen molar-refractivity contribution < 1.29 is 4.39 Å². The maximum Gasteiger partial charge on any atom is 0.258 e. The molecule has 3 aromatic rings. The van der Waals surface area contributed by atoms with Gasteiger partial charge in [0.1, 0.15) is 35.4 Å². The zero-order chi connectivity index (χ0) is 19.0. The van der Waals surface area contributed by atoms with Crippen LogP contribution in [0.1, 0.15) is 29.7 Å². The van der Waals surface area contributed by atoms with Crippen LogP contribution in [0.4, 0.5) is 16.0 Å². The van der Waals surface area contributed by atoms with Gasteiger partial charge in [0.25, 0.3) is 5.56 Å². The van der Waals surface area contributed by atoms with Crippen LogP contribution in [0.3, 0.4) is 0 Å². The second-order valence-electron chi connectivity index (χ2n) is 5.72. The van der Waals surface area contributed by atoms with Crippen LogP contribution >= 0.6 is 15.9 Å². The maximum absolute atomic E-state index is 13.5. The number of nitrogens with two attached hydrogens (primary N) is 1. The minimum absolute atomic E-state index is 0.0713. The van der Waals surface area contributed by atoms with E-state index in [-0.39, 0.29) is 28.8 Å². The van der Waals surface area contributed by atoms with Crippen molar-refractivity contribution in [2.45, 2.75) is 19.9 Å². The van der Waals surface area contributed by atoms with Gasteiger partial charge in [0.2, 0.25) is 0 Å². The van der Waals surface area contributed by atoms with Gasteiger partial charge in [0.15, 0.2) is 0 Å². The molecule has 0 saturated heterocycles. The van der Waals surface area contributed by atoms with E-state index in [0.717, 1.165) is 6.20 Å². The molecular formula is C17H14BrFN6O. The summed E-state index contributed by atoms with van der Waals surface area (Å²) in [5.41, 5.74) is 7.18. The zero-order valence-corrected chi connectivity index (χ0v) is 15.5. The monoisotopic (exact) mass is 416 g/mol. The maximum atomic E-state index is 13.5. The average molecular weight is 417 g/mol. The molecule has 3 aromatic heterocycles. The highest BCUT2D eigenvalue weighted by Gasteiger charge is 2.20. The molecular weight excluding hydrogens is 403 g/mol. The lowest BCUT2D eigenvalue weighted by atomic mass is 10.0. The molecule has 26 heavy (non-hydrogen) atoms. The molecule has 0 fully saturated rings. The van der Waals surface area contributed by atoms with Crippen molar-refractivity contribution in [3.05, 3.63) is 62.0 Å². The summed E-state index contributed by atoms with van der Waals surface area (Å²) in [4.78, 5) is 20.5. The summed E-state index contributed by atoms with van der Waals surface area (Å²) in [6.07, 6.45) is 2.40. The molecule has 132 valence electrons. The summed E-state index contributed by atoms with van der Waals surface area (Å²) in [5, 5.41) is 12.4. The van der Waals surface area contributed by atoms with Gasteiger partial charge in [0, 0.05) is 16.2 Å². The fourth-order valence-electron chi connectivity index (χ4n) is 2.83. The Morgan fingerprint density at radius 2 is 2.15 bits per heavy atom.